The van der Waals surface area contributed by atoms with Crippen molar-refractivity contribution in [3.8, 4) is 0 Å². The van der Waals surface area contributed by atoms with Crippen LogP contribution in [0.2, 0.25) is 0 Å². The van der Waals surface area contributed by atoms with Gasteiger partial charge in [-0.15, -0.1) is 0 Å². The van der Waals surface area contributed by atoms with Gasteiger partial charge in [-0.2, -0.15) is 0 Å². The Morgan fingerprint density at radius 3 is 2.61 bits per heavy atom. The molecule has 1 aromatic rings. The van der Waals surface area contributed by atoms with Gasteiger partial charge in [0.15, 0.2) is 5.25 Å². The minimum absolute atomic E-state index is 0.198. The minimum atomic E-state index is -4.13. The summed E-state index contributed by atoms with van der Waals surface area (Å²) < 4.78 is 50.8. The molecule has 0 amide bonds. The summed E-state index contributed by atoms with van der Waals surface area (Å²) in [6.45, 7) is 0.468. The van der Waals surface area contributed by atoms with Crippen LogP contribution in [0.15, 0.2) is 18.2 Å². The molecule has 8 heteroatoms. The second kappa shape index (κ2) is 5.40. The van der Waals surface area contributed by atoms with Crippen molar-refractivity contribution in [3.63, 3.8) is 0 Å². The Morgan fingerprint density at radius 1 is 1.44 bits per heavy atom. The molecule has 1 rings (SSSR count). The largest absolute Gasteiger partial charge is 0.480 e. The third-order valence-electron chi connectivity index (χ3n) is 2.28. The molecule has 0 heterocycles. The normalized spacial score (nSPS) is 13.3. The van der Waals surface area contributed by atoms with Crippen LogP contribution in [0.4, 0.5) is 8.78 Å². The number of carbonyl (C=O) groups is 1. The number of benzene rings is 1. The average Bonchev–Trinajstić information content (AvgIpc) is 2.29. The molecular weight excluding hydrogens is 268 g/mol. The molecule has 2 N–H and O–H groups in total. The van der Waals surface area contributed by atoms with E-state index in [-0.39, 0.29) is 5.56 Å². The number of carboxylic acid groups (broad SMARTS) is 1. The van der Waals surface area contributed by atoms with Gasteiger partial charge < -0.3 is 5.11 Å². The second-order valence-electron chi connectivity index (χ2n) is 3.58. The molecule has 1 aromatic carbocycles. The molecule has 0 spiro atoms. The molecule has 0 bridgehead atoms. The van der Waals surface area contributed by atoms with Crippen LogP contribution in [0.5, 0.6) is 0 Å². The van der Waals surface area contributed by atoms with Gasteiger partial charge in [-0.3, -0.25) is 4.79 Å². The third-order valence-corrected chi connectivity index (χ3v) is 3.96. The molecular formula is C10H11F2NO4S. The minimum Gasteiger partial charge on any atom is -0.480 e. The van der Waals surface area contributed by atoms with Crippen LogP contribution in [0.3, 0.4) is 0 Å². The molecule has 0 aliphatic carbocycles. The predicted molar refractivity (Wildman–Crippen MR) is 59.2 cm³/mol. The van der Waals surface area contributed by atoms with Crippen molar-refractivity contribution in [1.82, 2.24) is 4.72 Å². The molecule has 1 unspecified atom stereocenters. The molecule has 18 heavy (non-hydrogen) atoms. The Bertz CT molecular complexity index is 559. The van der Waals surface area contributed by atoms with E-state index >= 15 is 0 Å². The number of hydrogen-bond acceptors (Lipinski definition) is 3. The van der Waals surface area contributed by atoms with Gasteiger partial charge in [0.1, 0.15) is 11.6 Å². The number of hydrogen-bond donors (Lipinski definition) is 2. The summed E-state index contributed by atoms with van der Waals surface area (Å²) in [7, 11) is -4.13. The van der Waals surface area contributed by atoms with Gasteiger partial charge >= 0.3 is 5.97 Å². The smallest absolute Gasteiger partial charge is 0.323 e. The van der Waals surface area contributed by atoms with Crippen LogP contribution in [0, 0.1) is 11.6 Å². The maximum absolute atomic E-state index is 13.2. The molecule has 0 saturated heterocycles. The van der Waals surface area contributed by atoms with Crippen LogP contribution in [-0.2, 0) is 21.4 Å². The predicted octanol–water partition coefficient (Wildman–Crippen LogP) is 0.857. The summed E-state index contributed by atoms with van der Waals surface area (Å²) in [5, 5.41) is 6.89. The highest BCUT2D eigenvalue weighted by Gasteiger charge is 2.27. The number of sulfonamides is 1. The highest BCUT2D eigenvalue weighted by atomic mass is 32.2. The lowest BCUT2D eigenvalue weighted by molar-refractivity contribution is -0.136. The van der Waals surface area contributed by atoms with Crippen molar-refractivity contribution >= 4 is 16.0 Å². The van der Waals surface area contributed by atoms with E-state index < -0.39 is 39.4 Å². The first-order valence-corrected chi connectivity index (χ1v) is 6.44. The third kappa shape index (κ3) is 3.47. The molecule has 1 atom stereocenters. The zero-order valence-corrected chi connectivity index (χ0v) is 10.2. The lowest BCUT2D eigenvalue weighted by atomic mass is 10.2. The molecule has 100 valence electrons. The Labute approximate surface area is 102 Å². The van der Waals surface area contributed by atoms with E-state index in [1.54, 1.807) is 0 Å². The summed E-state index contributed by atoms with van der Waals surface area (Å²) in [6.07, 6.45) is 0. The van der Waals surface area contributed by atoms with Crippen molar-refractivity contribution in [1.29, 1.82) is 0 Å². The molecule has 0 aromatic heterocycles. The topological polar surface area (TPSA) is 83.5 Å². The van der Waals surface area contributed by atoms with Crippen molar-refractivity contribution < 1.29 is 27.1 Å². The number of aliphatic carboxylic acids is 1. The average molecular weight is 279 g/mol. The van der Waals surface area contributed by atoms with Crippen molar-refractivity contribution in [2.45, 2.75) is 18.7 Å². The molecule has 0 saturated carbocycles. The number of rotatable bonds is 5. The lowest BCUT2D eigenvalue weighted by Gasteiger charge is -2.10. The number of nitrogens with one attached hydrogen (secondary N) is 1. The van der Waals surface area contributed by atoms with Crippen LogP contribution in [-0.4, -0.2) is 24.7 Å². The van der Waals surface area contributed by atoms with Gasteiger partial charge in [-0.05, 0) is 25.1 Å². The molecule has 0 aliphatic rings. The van der Waals surface area contributed by atoms with Crippen LogP contribution in [0.1, 0.15) is 12.5 Å². The number of halogens is 2. The van der Waals surface area contributed by atoms with E-state index in [0.717, 1.165) is 25.1 Å². The van der Waals surface area contributed by atoms with Gasteiger partial charge in [0.05, 0.1) is 0 Å². The van der Waals surface area contributed by atoms with Crippen molar-refractivity contribution in [3.05, 3.63) is 35.4 Å². The summed E-state index contributed by atoms with van der Waals surface area (Å²) >= 11 is 0. The van der Waals surface area contributed by atoms with Crippen LogP contribution in [0.25, 0.3) is 0 Å². The van der Waals surface area contributed by atoms with Gasteiger partial charge in [0.25, 0.3) is 0 Å². The number of carboxylic acids is 1. The summed E-state index contributed by atoms with van der Waals surface area (Å²) in [4.78, 5) is 10.5. The highest BCUT2D eigenvalue weighted by Crippen LogP contribution is 2.10. The maximum Gasteiger partial charge on any atom is 0.323 e. The molecule has 0 aliphatic heterocycles. The zero-order chi connectivity index (χ0) is 13.9. The van der Waals surface area contributed by atoms with E-state index in [9.17, 15) is 22.0 Å². The molecule has 0 radical (unpaired) electrons. The zero-order valence-electron chi connectivity index (χ0n) is 9.35. The van der Waals surface area contributed by atoms with Crippen molar-refractivity contribution in [2.24, 2.45) is 0 Å². The fourth-order valence-corrected chi connectivity index (χ4v) is 1.99. The highest BCUT2D eigenvalue weighted by molar-refractivity contribution is 7.90. The Morgan fingerprint density at radius 2 is 2.06 bits per heavy atom. The SMILES string of the molecule is CC(C(=O)O)S(=O)(=O)NCc1cc(F)ccc1F. The summed E-state index contributed by atoms with van der Waals surface area (Å²) in [5.74, 6) is -3.01. The first-order chi connectivity index (χ1) is 8.24. The Hall–Kier alpha value is -1.54. The van der Waals surface area contributed by atoms with E-state index in [1.807, 2.05) is 4.72 Å². The van der Waals surface area contributed by atoms with Gasteiger partial charge in [0, 0.05) is 12.1 Å². The van der Waals surface area contributed by atoms with Gasteiger partial charge in [-0.1, -0.05) is 0 Å². The van der Waals surface area contributed by atoms with E-state index in [1.165, 1.54) is 0 Å². The first kappa shape index (κ1) is 14.5. The van der Waals surface area contributed by atoms with Gasteiger partial charge in [0.2, 0.25) is 10.0 Å². The van der Waals surface area contributed by atoms with Crippen LogP contribution < -0.4 is 4.72 Å². The standard InChI is InChI=1S/C10H11F2NO4S/c1-6(10(14)15)18(16,17)13-5-7-4-8(11)2-3-9(7)12/h2-4,6,13H,5H2,1H3,(H,14,15). The lowest BCUT2D eigenvalue weighted by Crippen LogP contribution is -2.37. The fraction of sp³-hybridized carbons (Fsp3) is 0.300. The van der Waals surface area contributed by atoms with E-state index in [0.29, 0.717) is 0 Å². The Balaban J connectivity index is 2.82. The maximum atomic E-state index is 13.2. The molecule has 5 nitrogen and oxygen atoms in total. The summed E-state index contributed by atoms with van der Waals surface area (Å²) in [5.41, 5.74) is -0.198. The van der Waals surface area contributed by atoms with Crippen molar-refractivity contribution in [2.75, 3.05) is 0 Å². The summed E-state index contributed by atoms with van der Waals surface area (Å²) in [6, 6.07) is 2.59. The molecule has 0 fully saturated rings. The second-order valence-corrected chi connectivity index (χ2v) is 5.67. The van der Waals surface area contributed by atoms with Crippen LogP contribution >= 0.6 is 0 Å². The monoisotopic (exact) mass is 279 g/mol. The van der Waals surface area contributed by atoms with E-state index in [4.69, 9.17) is 5.11 Å². The van der Waals surface area contributed by atoms with Gasteiger partial charge in [-0.25, -0.2) is 21.9 Å². The quantitative estimate of drug-likeness (QED) is 0.837. The fourth-order valence-electron chi connectivity index (χ4n) is 1.11. The Kier molecular flexibility index (Phi) is 4.36. The first-order valence-electron chi connectivity index (χ1n) is 4.89. The van der Waals surface area contributed by atoms with E-state index in [2.05, 4.69) is 0 Å².